The molecule has 1 aromatic rings. The molecule has 0 saturated heterocycles. The molecule has 0 aliphatic carbocycles. The molecule has 0 heterocycles. The molecule has 0 saturated carbocycles. The summed E-state index contributed by atoms with van der Waals surface area (Å²) in [6.45, 7) is 5.49. The minimum atomic E-state index is 0.149. The van der Waals surface area contributed by atoms with Gasteiger partial charge in [0.15, 0.2) is 0 Å². The second kappa shape index (κ2) is 8.28. The molecule has 4 heteroatoms. The third-order valence-electron chi connectivity index (χ3n) is 3.36. The molecular weight excluding hydrogens is 272 g/mol. The summed E-state index contributed by atoms with van der Waals surface area (Å²) in [4.78, 5) is 14.0. The highest BCUT2D eigenvalue weighted by molar-refractivity contribution is 6.30. The van der Waals surface area contributed by atoms with Gasteiger partial charge in [-0.1, -0.05) is 37.6 Å². The van der Waals surface area contributed by atoms with Crippen molar-refractivity contribution in [1.82, 2.24) is 4.90 Å². The molecule has 1 rings (SSSR count). The molecule has 0 spiro atoms. The second-order valence-electron chi connectivity index (χ2n) is 5.81. The van der Waals surface area contributed by atoms with Gasteiger partial charge in [0.05, 0.1) is 0 Å². The van der Waals surface area contributed by atoms with Gasteiger partial charge in [0, 0.05) is 25.0 Å². The molecular formula is C16H25ClN2O. The first-order chi connectivity index (χ1) is 9.42. The first-order valence-corrected chi connectivity index (χ1v) is 7.48. The maximum Gasteiger partial charge on any atom is 0.222 e. The Kier molecular flexibility index (Phi) is 7.03. The third kappa shape index (κ3) is 5.93. The molecule has 0 bridgehead atoms. The Morgan fingerprint density at radius 1 is 1.30 bits per heavy atom. The number of nitrogens with zero attached hydrogens (tertiary/aromatic N) is 1. The third-order valence-corrected chi connectivity index (χ3v) is 3.61. The van der Waals surface area contributed by atoms with Crippen LogP contribution in [0.15, 0.2) is 24.3 Å². The number of hydrogen-bond donors (Lipinski definition) is 1. The number of carbonyl (C=O) groups is 1. The fourth-order valence-corrected chi connectivity index (χ4v) is 2.41. The fourth-order valence-electron chi connectivity index (χ4n) is 2.28. The van der Waals surface area contributed by atoms with Crippen LogP contribution in [0.1, 0.15) is 32.3 Å². The lowest BCUT2D eigenvalue weighted by molar-refractivity contribution is -0.131. The van der Waals surface area contributed by atoms with Crippen LogP contribution in [0.4, 0.5) is 0 Å². The fraction of sp³-hybridized carbons (Fsp3) is 0.562. The van der Waals surface area contributed by atoms with Crippen molar-refractivity contribution in [1.29, 1.82) is 0 Å². The van der Waals surface area contributed by atoms with E-state index in [0.29, 0.717) is 30.5 Å². The van der Waals surface area contributed by atoms with Crippen molar-refractivity contribution in [2.45, 2.75) is 33.2 Å². The van der Waals surface area contributed by atoms with Crippen molar-refractivity contribution in [3.05, 3.63) is 34.9 Å². The van der Waals surface area contributed by atoms with Crippen molar-refractivity contribution in [3.63, 3.8) is 0 Å². The zero-order valence-electron chi connectivity index (χ0n) is 12.6. The molecule has 112 valence electrons. The summed E-state index contributed by atoms with van der Waals surface area (Å²) in [6, 6.07) is 7.58. The van der Waals surface area contributed by atoms with Crippen molar-refractivity contribution in [2.24, 2.45) is 17.6 Å². The molecule has 1 unspecified atom stereocenters. The van der Waals surface area contributed by atoms with Gasteiger partial charge >= 0.3 is 0 Å². The second-order valence-corrected chi connectivity index (χ2v) is 6.25. The predicted octanol–water partition coefficient (Wildman–Crippen LogP) is 3.31. The smallest absolute Gasteiger partial charge is 0.222 e. The molecule has 0 aromatic heterocycles. The Hall–Kier alpha value is -1.06. The minimum Gasteiger partial charge on any atom is -0.341 e. The van der Waals surface area contributed by atoms with E-state index in [4.69, 9.17) is 17.3 Å². The van der Waals surface area contributed by atoms with Gasteiger partial charge in [-0.15, -0.1) is 0 Å². The van der Waals surface area contributed by atoms with Crippen molar-refractivity contribution >= 4 is 17.5 Å². The minimum absolute atomic E-state index is 0.149. The number of rotatable bonds is 7. The van der Waals surface area contributed by atoms with Gasteiger partial charge in [0.2, 0.25) is 5.91 Å². The van der Waals surface area contributed by atoms with E-state index in [-0.39, 0.29) is 11.8 Å². The number of hydrogen-bond acceptors (Lipinski definition) is 2. The molecule has 0 radical (unpaired) electrons. The van der Waals surface area contributed by atoms with E-state index in [1.807, 2.05) is 31.3 Å². The Morgan fingerprint density at radius 2 is 1.90 bits per heavy atom. The topological polar surface area (TPSA) is 46.3 Å². The molecule has 0 fully saturated rings. The first kappa shape index (κ1) is 17.0. The monoisotopic (exact) mass is 296 g/mol. The van der Waals surface area contributed by atoms with Crippen LogP contribution < -0.4 is 5.73 Å². The normalized spacial score (nSPS) is 12.5. The maximum absolute atomic E-state index is 12.2. The van der Waals surface area contributed by atoms with E-state index in [2.05, 4.69) is 13.8 Å². The summed E-state index contributed by atoms with van der Waals surface area (Å²) in [5, 5.41) is 0.711. The van der Waals surface area contributed by atoms with Gasteiger partial charge in [-0.2, -0.15) is 0 Å². The van der Waals surface area contributed by atoms with Crippen molar-refractivity contribution in [3.8, 4) is 0 Å². The van der Waals surface area contributed by atoms with Gasteiger partial charge in [-0.25, -0.2) is 0 Å². The Morgan fingerprint density at radius 3 is 2.40 bits per heavy atom. The average molecular weight is 297 g/mol. The summed E-state index contributed by atoms with van der Waals surface area (Å²) in [5.74, 6) is 0.990. The van der Waals surface area contributed by atoms with Gasteiger partial charge in [-0.05, 0) is 42.5 Å². The van der Waals surface area contributed by atoms with Gasteiger partial charge < -0.3 is 10.6 Å². The van der Waals surface area contributed by atoms with Gasteiger partial charge in [0.1, 0.15) is 0 Å². The van der Waals surface area contributed by atoms with Crippen LogP contribution in [0.5, 0.6) is 0 Å². The van der Waals surface area contributed by atoms with Crippen LogP contribution in [0.2, 0.25) is 5.02 Å². The molecule has 3 nitrogen and oxygen atoms in total. The number of nitrogens with two attached hydrogens (primary N) is 1. The van der Waals surface area contributed by atoms with Crippen LogP contribution in [0.3, 0.4) is 0 Å². The number of amides is 1. The lowest BCUT2D eigenvalue weighted by atomic mass is 9.94. The quantitative estimate of drug-likeness (QED) is 0.839. The van der Waals surface area contributed by atoms with Gasteiger partial charge in [0.25, 0.3) is 0 Å². The van der Waals surface area contributed by atoms with Crippen LogP contribution in [0.25, 0.3) is 0 Å². The Balaban J connectivity index is 2.51. The van der Waals surface area contributed by atoms with E-state index in [9.17, 15) is 4.79 Å². The lowest BCUT2D eigenvalue weighted by Crippen LogP contribution is -2.30. The summed E-state index contributed by atoms with van der Waals surface area (Å²) in [6.07, 6.45) is 1.52. The summed E-state index contributed by atoms with van der Waals surface area (Å²) >= 11 is 5.85. The average Bonchev–Trinajstić information content (AvgIpc) is 2.39. The van der Waals surface area contributed by atoms with E-state index in [1.165, 1.54) is 0 Å². The molecule has 2 N–H and O–H groups in total. The predicted molar refractivity (Wildman–Crippen MR) is 84.5 cm³/mol. The molecule has 0 aliphatic rings. The van der Waals surface area contributed by atoms with Crippen LogP contribution in [-0.2, 0) is 11.3 Å². The number of halogens is 1. The molecule has 1 amide bonds. The lowest BCUT2D eigenvalue weighted by Gasteiger charge is -2.22. The zero-order chi connectivity index (χ0) is 15.1. The highest BCUT2D eigenvalue weighted by Gasteiger charge is 2.17. The molecule has 1 aromatic carbocycles. The van der Waals surface area contributed by atoms with Crippen molar-refractivity contribution in [2.75, 3.05) is 13.6 Å². The summed E-state index contributed by atoms with van der Waals surface area (Å²) < 4.78 is 0. The standard InChI is InChI=1S/C16H25ClN2O/c1-12(2)8-14(10-18)9-16(20)19(3)11-13-4-6-15(17)7-5-13/h4-7,12,14H,8-11,18H2,1-3H3. The van der Waals surface area contributed by atoms with Gasteiger partial charge in [-0.3, -0.25) is 4.79 Å². The van der Waals surface area contributed by atoms with Crippen molar-refractivity contribution < 1.29 is 4.79 Å². The summed E-state index contributed by atoms with van der Waals surface area (Å²) in [5.41, 5.74) is 6.84. The van der Waals surface area contributed by atoms with E-state index in [1.54, 1.807) is 4.90 Å². The number of carbonyl (C=O) groups excluding carboxylic acids is 1. The molecule has 0 aliphatic heterocycles. The Labute approximate surface area is 127 Å². The zero-order valence-corrected chi connectivity index (χ0v) is 13.4. The SMILES string of the molecule is CC(C)CC(CN)CC(=O)N(C)Cc1ccc(Cl)cc1. The molecule has 20 heavy (non-hydrogen) atoms. The first-order valence-electron chi connectivity index (χ1n) is 7.10. The summed E-state index contributed by atoms with van der Waals surface area (Å²) in [7, 11) is 1.83. The Bertz CT molecular complexity index is 417. The number of benzene rings is 1. The maximum atomic E-state index is 12.2. The van der Waals surface area contributed by atoms with E-state index in [0.717, 1.165) is 12.0 Å². The highest BCUT2D eigenvalue weighted by Crippen LogP contribution is 2.16. The largest absolute Gasteiger partial charge is 0.341 e. The molecule has 1 atom stereocenters. The van der Waals surface area contributed by atoms with Crippen LogP contribution in [-0.4, -0.2) is 24.4 Å². The van der Waals surface area contributed by atoms with Crippen LogP contribution >= 0.6 is 11.6 Å². The van der Waals surface area contributed by atoms with Crippen LogP contribution in [0, 0.1) is 11.8 Å². The van der Waals surface area contributed by atoms with E-state index >= 15 is 0 Å². The van der Waals surface area contributed by atoms with E-state index < -0.39 is 0 Å². The highest BCUT2D eigenvalue weighted by atomic mass is 35.5.